The Hall–Kier alpha value is -1.07. The van der Waals surface area contributed by atoms with E-state index in [1.807, 2.05) is 0 Å². The summed E-state index contributed by atoms with van der Waals surface area (Å²) < 4.78 is 11.6. The van der Waals surface area contributed by atoms with Gasteiger partial charge in [-0.2, -0.15) is 4.98 Å². The molecule has 2 heterocycles. The first-order chi connectivity index (χ1) is 9.74. The second-order valence-corrected chi connectivity index (χ2v) is 6.11. The van der Waals surface area contributed by atoms with Gasteiger partial charge in [0, 0.05) is 19.1 Å². The number of aromatic nitrogens is 1. The number of rotatable bonds is 4. The lowest BCUT2D eigenvalue weighted by atomic mass is 9.90. The van der Waals surface area contributed by atoms with Crippen molar-refractivity contribution >= 4 is 6.01 Å². The highest BCUT2D eigenvalue weighted by Crippen LogP contribution is 2.31. The van der Waals surface area contributed by atoms with Crippen LogP contribution in [0.5, 0.6) is 0 Å². The first kappa shape index (κ1) is 13.9. The van der Waals surface area contributed by atoms with E-state index in [-0.39, 0.29) is 0 Å². The fraction of sp³-hybridized carbons (Fsp3) is 0.800. The molecule has 5 nitrogen and oxygen atoms in total. The SMILES string of the molecule is CC(C)NCc1coc(N2CCOC3CCCCC32)n1. The molecule has 1 aromatic rings. The summed E-state index contributed by atoms with van der Waals surface area (Å²) in [6.45, 7) is 6.70. The third-order valence-corrected chi connectivity index (χ3v) is 4.21. The zero-order valence-corrected chi connectivity index (χ0v) is 12.5. The van der Waals surface area contributed by atoms with E-state index in [9.17, 15) is 0 Å². The normalized spacial score (nSPS) is 26.9. The molecular weight excluding hydrogens is 254 g/mol. The molecule has 2 unspecified atom stereocenters. The fourth-order valence-electron chi connectivity index (χ4n) is 3.15. The van der Waals surface area contributed by atoms with E-state index in [0.717, 1.165) is 31.4 Å². The van der Waals surface area contributed by atoms with Gasteiger partial charge in [0.15, 0.2) is 0 Å². The number of hydrogen-bond acceptors (Lipinski definition) is 5. The van der Waals surface area contributed by atoms with E-state index in [1.54, 1.807) is 6.26 Å². The van der Waals surface area contributed by atoms with Crippen LogP contribution in [0, 0.1) is 0 Å². The lowest BCUT2D eigenvalue weighted by Crippen LogP contribution is -2.53. The van der Waals surface area contributed by atoms with E-state index in [2.05, 4.69) is 29.0 Å². The molecule has 0 bridgehead atoms. The smallest absolute Gasteiger partial charge is 0.297 e. The molecule has 0 radical (unpaired) electrons. The first-order valence-corrected chi connectivity index (χ1v) is 7.80. The molecule has 1 saturated carbocycles. The van der Waals surface area contributed by atoms with Crippen LogP contribution in [0.25, 0.3) is 0 Å². The summed E-state index contributed by atoms with van der Waals surface area (Å²) in [5.74, 6) is 0. The van der Waals surface area contributed by atoms with Crippen LogP contribution in [0.2, 0.25) is 0 Å². The molecular formula is C15H25N3O2. The van der Waals surface area contributed by atoms with Crippen LogP contribution < -0.4 is 10.2 Å². The van der Waals surface area contributed by atoms with Gasteiger partial charge in [0.25, 0.3) is 6.01 Å². The van der Waals surface area contributed by atoms with Crippen molar-refractivity contribution in [2.45, 2.75) is 64.3 Å². The molecule has 20 heavy (non-hydrogen) atoms. The van der Waals surface area contributed by atoms with Crippen LogP contribution in [0.4, 0.5) is 6.01 Å². The Balaban J connectivity index is 1.68. The predicted molar refractivity (Wildman–Crippen MR) is 77.8 cm³/mol. The molecule has 0 aromatic carbocycles. The second-order valence-electron chi connectivity index (χ2n) is 6.11. The van der Waals surface area contributed by atoms with E-state index in [0.29, 0.717) is 18.2 Å². The zero-order valence-electron chi connectivity index (χ0n) is 12.5. The minimum atomic E-state index is 0.363. The molecule has 2 aliphatic rings. The number of fused-ring (bicyclic) bond motifs is 1. The molecule has 112 valence electrons. The Morgan fingerprint density at radius 2 is 2.25 bits per heavy atom. The molecule has 1 aliphatic heterocycles. The van der Waals surface area contributed by atoms with Crippen molar-refractivity contribution in [1.82, 2.24) is 10.3 Å². The van der Waals surface area contributed by atoms with Gasteiger partial charge >= 0.3 is 0 Å². The lowest BCUT2D eigenvalue weighted by Gasteiger charge is -2.42. The maximum Gasteiger partial charge on any atom is 0.297 e. The summed E-state index contributed by atoms with van der Waals surface area (Å²) >= 11 is 0. The van der Waals surface area contributed by atoms with E-state index < -0.39 is 0 Å². The summed E-state index contributed by atoms with van der Waals surface area (Å²) in [5.41, 5.74) is 0.979. The molecule has 2 fully saturated rings. The van der Waals surface area contributed by atoms with Crippen molar-refractivity contribution in [1.29, 1.82) is 0 Å². The van der Waals surface area contributed by atoms with Crippen LogP contribution in [-0.2, 0) is 11.3 Å². The summed E-state index contributed by atoms with van der Waals surface area (Å²) in [6, 6.07) is 1.68. The Bertz CT molecular complexity index is 431. The highest BCUT2D eigenvalue weighted by Gasteiger charge is 2.36. The van der Waals surface area contributed by atoms with Gasteiger partial charge in [-0.15, -0.1) is 0 Å². The topological polar surface area (TPSA) is 50.5 Å². The van der Waals surface area contributed by atoms with Gasteiger partial charge in [-0.1, -0.05) is 26.7 Å². The average molecular weight is 279 g/mol. The largest absolute Gasteiger partial charge is 0.432 e. The highest BCUT2D eigenvalue weighted by atomic mass is 16.5. The van der Waals surface area contributed by atoms with Crippen molar-refractivity contribution in [3.63, 3.8) is 0 Å². The molecule has 1 aliphatic carbocycles. The van der Waals surface area contributed by atoms with Gasteiger partial charge in [-0.25, -0.2) is 0 Å². The van der Waals surface area contributed by atoms with Crippen LogP contribution in [-0.4, -0.2) is 36.3 Å². The highest BCUT2D eigenvalue weighted by molar-refractivity contribution is 5.31. The molecule has 3 rings (SSSR count). The summed E-state index contributed by atoms with van der Waals surface area (Å²) in [4.78, 5) is 6.95. The van der Waals surface area contributed by atoms with Crippen LogP contribution in [0.3, 0.4) is 0 Å². The molecule has 1 aromatic heterocycles. The Labute approximate surface area is 120 Å². The number of ether oxygens (including phenoxy) is 1. The molecule has 0 spiro atoms. The standard InChI is InChI=1S/C15H25N3O2/c1-11(2)16-9-12-10-20-15(17-12)18-7-8-19-14-6-4-3-5-13(14)18/h10-11,13-14,16H,3-9H2,1-2H3. The Morgan fingerprint density at radius 1 is 1.40 bits per heavy atom. The molecule has 2 atom stereocenters. The van der Waals surface area contributed by atoms with Gasteiger partial charge in [-0.3, -0.25) is 0 Å². The maximum absolute atomic E-state index is 5.90. The summed E-state index contributed by atoms with van der Waals surface area (Å²) in [5, 5.41) is 3.37. The Kier molecular flexibility index (Phi) is 4.27. The van der Waals surface area contributed by atoms with Crippen molar-refractivity contribution in [2.24, 2.45) is 0 Å². The van der Waals surface area contributed by atoms with Crippen LogP contribution in [0.15, 0.2) is 10.7 Å². The minimum absolute atomic E-state index is 0.363. The van der Waals surface area contributed by atoms with Crippen molar-refractivity contribution in [3.05, 3.63) is 12.0 Å². The van der Waals surface area contributed by atoms with Crippen molar-refractivity contribution in [2.75, 3.05) is 18.1 Å². The molecule has 1 N–H and O–H groups in total. The van der Waals surface area contributed by atoms with Crippen LogP contribution >= 0.6 is 0 Å². The summed E-state index contributed by atoms with van der Waals surface area (Å²) in [7, 11) is 0. The number of nitrogens with zero attached hydrogens (tertiary/aromatic N) is 2. The van der Waals surface area contributed by atoms with Gasteiger partial charge in [0.2, 0.25) is 0 Å². The number of hydrogen-bond donors (Lipinski definition) is 1. The second kappa shape index (κ2) is 6.14. The third-order valence-electron chi connectivity index (χ3n) is 4.21. The Morgan fingerprint density at radius 3 is 3.10 bits per heavy atom. The van der Waals surface area contributed by atoms with Gasteiger partial charge in [0.05, 0.1) is 24.4 Å². The van der Waals surface area contributed by atoms with E-state index in [4.69, 9.17) is 9.15 Å². The molecule has 5 heteroatoms. The van der Waals surface area contributed by atoms with Gasteiger partial charge in [-0.05, 0) is 12.8 Å². The predicted octanol–water partition coefficient (Wildman–Crippen LogP) is 2.32. The fourth-order valence-corrected chi connectivity index (χ4v) is 3.15. The van der Waals surface area contributed by atoms with E-state index >= 15 is 0 Å². The third kappa shape index (κ3) is 2.99. The zero-order chi connectivity index (χ0) is 13.9. The number of anilines is 1. The van der Waals surface area contributed by atoms with Crippen LogP contribution in [0.1, 0.15) is 45.2 Å². The monoisotopic (exact) mass is 279 g/mol. The molecule has 1 saturated heterocycles. The summed E-state index contributed by atoms with van der Waals surface area (Å²) in [6.07, 6.45) is 7.06. The van der Waals surface area contributed by atoms with Crippen molar-refractivity contribution < 1.29 is 9.15 Å². The average Bonchev–Trinajstić information content (AvgIpc) is 2.93. The van der Waals surface area contributed by atoms with E-state index in [1.165, 1.54) is 25.7 Å². The van der Waals surface area contributed by atoms with Gasteiger partial charge in [0.1, 0.15) is 6.26 Å². The quantitative estimate of drug-likeness (QED) is 0.916. The number of nitrogens with one attached hydrogen (secondary N) is 1. The van der Waals surface area contributed by atoms with Crippen molar-refractivity contribution in [3.8, 4) is 0 Å². The number of oxazole rings is 1. The van der Waals surface area contributed by atoms with Gasteiger partial charge < -0.3 is 19.4 Å². The minimum Gasteiger partial charge on any atom is -0.432 e. The maximum atomic E-state index is 5.90. The first-order valence-electron chi connectivity index (χ1n) is 7.80. The molecule has 0 amide bonds. The lowest BCUT2D eigenvalue weighted by molar-refractivity contribution is -0.0106. The number of morpholine rings is 1.